The number of hydrogen-bond acceptors (Lipinski definition) is 5. The molecule has 0 aliphatic carbocycles. The average Bonchev–Trinajstić information content (AvgIpc) is 2.99. The number of imide groups is 1. The molecule has 2 heterocycles. The van der Waals surface area contributed by atoms with Gasteiger partial charge in [0, 0.05) is 29.4 Å². The molecule has 0 spiro atoms. The molecule has 2 aromatic carbocycles. The number of nitrogens with one attached hydrogen (secondary N) is 1. The molecule has 2 aromatic rings. The van der Waals surface area contributed by atoms with Crippen LogP contribution in [0.5, 0.6) is 0 Å². The maximum absolute atomic E-state index is 13.0. The number of ether oxygens (including phenoxy) is 1. The number of carbonyl (C=O) groups excluding carboxylic acids is 3. The van der Waals surface area contributed by atoms with Crippen LogP contribution in [0.2, 0.25) is 5.02 Å². The first kappa shape index (κ1) is 21.4. The Kier molecular flexibility index (Phi) is 6.00. The molecule has 1 fully saturated rings. The maximum atomic E-state index is 13.0. The lowest BCUT2D eigenvalue weighted by atomic mass is 10.1. The summed E-state index contributed by atoms with van der Waals surface area (Å²) in [5, 5.41) is 3.11. The molecule has 0 radical (unpaired) electrons. The summed E-state index contributed by atoms with van der Waals surface area (Å²) >= 11 is 12.3. The van der Waals surface area contributed by atoms with E-state index in [9.17, 15) is 14.4 Å². The molecule has 1 N–H and O–H groups in total. The van der Waals surface area contributed by atoms with Gasteiger partial charge < -0.3 is 15.0 Å². The predicted molar refractivity (Wildman–Crippen MR) is 118 cm³/mol. The molecule has 1 saturated heterocycles. The van der Waals surface area contributed by atoms with E-state index in [0.717, 1.165) is 10.5 Å². The van der Waals surface area contributed by atoms with Gasteiger partial charge in [0.15, 0.2) is 0 Å². The Bertz CT molecular complexity index is 1110. The fourth-order valence-electron chi connectivity index (χ4n) is 3.39. The molecule has 160 valence electrons. The molecule has 2 aliphatic rings. The number of nitrogens with zero attached hydrogens (tertiary/aromatic N) is 2. The molecule has 7 nitrogen and oxygen atoms in total. The van der Waals surface area contributed by atoms with E-state index in [1.165, 1.54) is 0 Å². The van der Waals surface area contributed by atoms with E-state index >= 15 is 0 Å². The monoisotopic (exact) mass is 459 g/mol. The van der Waals surface area contributed by atoms with Gasteiger partial charge in [0.1, 0.15) is 10.7 Å². The smallest absolute Gasteiger partial charge is 0.283 e. The molecule has 0 atom stereocenters. The first-order valence-corrected chi connectivity index (χ1v) is 10.4. The number of rotatable bonds is 4. The van der Waals surface area contributed by atoms with Crippen LogP contribution in [0.4, 0.5) is 11.4 Å². The van der Waals surface area contributed by atoms with Crippen LogP contribution in [0.25, 0.3) is 0 Å². The average molecular weight is 460 g/mol. The summed E-state index contributed by atoms with van der Waals surface area (Å²) < 4.78 is 5.28. The van der Waals surface area contributed by atoms with Crippen LogP contribution in [0.3, 0.4) is 0 Å². The van der Waals surface area contributed by atoms with Crippen molar-refractivity contribution in [1.29, 1.82) is 0 Å². The zero-order chi connectivity index (χ0) is 22.1. The molecular weight excluding hydrogens is 441 g/mol. The number of morpholine rings is 1. The van der Waals surface area contributed by atoms with E-state index in [-0.39, 0.29) is 16.6 Å². The number of halogens is 2. The molecule has 0 aromatic heterocycles. The highest BCUT2D eigenvalue weighted by molar-refractivity contribution is 6.53. The quantitative estimate of drug-likeness (QED) is 0.707. The van der Waals surface area contributed by atoms with Crippen molar-refractivity contribution in [2.24, 2.45) is 0 Å². The minimum absolute atomic E-state index is 0.0562. The summed E-state index contributed by atoms with van der Waals surface area (Å²) in [5.74, 6) is -1.37. The van der Waals surface area contributed by atoms with Crippen molar-refractivity contribution >= 4 is 52.3 Å². The van der Waals surface area contributed by atoms with Crippen molar-refractivity contribution in [3.8, 4) is 0 Å². The Balaban J connectivity index is 1.56. The SMILES string of the molecule is Cc1ccc(N2C(=O)C(Cl)=C(Nc3cccc(C(=O)N4CCOCC4)c3)C2=O)cc1Cl. The zero-order valence-corrected chi connectivity index (χ0v) is 18.2. The Morgan fingerprint density at radius 1 is 1.03 bits per heavy atom. The Labute approximate surface area is 189 Å². The van der Waals surface area contributed by atoms with Gasteiger partial charge in [-0.05, 0) is 42.8 Å². The van der Waals surface area contributed by atoms with Crippen LogP contribution in [0.15, 0.2) is 53.2 Å². The van der Waals surface area contributed by atoms with Gasteiger partial charge in [0.25, 0.3) is 17.7 Å². The highest BCUT2D eigenvalue weighted by Gasteiger charge is 2.39. The Hall–Kier alpha value is -2.87. The highest BCUT2D eigenvalue weighted by atomic mass is 35.5. The largest absolute Gasteiger partial charge is 0.378 e. The molecule has 0 bridgehead atoms. The number of benzene rings is 2. The summed E-state index contributed by atoms with van der Waals surface area (Å²) in [7, 11) is 0. The highest BCUT2D eigenvalue weighted by Crippen LogP contribution is 2.32. The van der Waals surface area contributed by atoms with Crippen molar-refractivity contribution in [3.63, 3.8) is 0 Å². The molecule has 0 unspecified atom stereocenters. The molecule has 2 aliphatic heterocycles. The van der Waals surface area contributed by atoms with E-state index in [1.54, 1.807) is 47.4 Å². The molecule has 3 amide bonds. The Morgan fingerprint density at radius 3 is 2.48 bits per heavy atom. The predicted octanol–water partition coefficient (Wildman–Crippen LogP) is 3.56. The fourth-order valence-corrected chi connectivity index (χ4v) is 3.78. The Morgan fingerprint density at radius 2 is 1.77 bits per heavy atom. The second kappa shape index (κ2) is 8.70. The van der Waals surface area contributed by atoms with Crippen LogP contribution in [-0.4, -0.2) is 48.9 Å². The van der Waals surface area contributed by atoms with Gasteiger partial charge in [0.2, 0.25) is 0 Å². The third-order valence-corrected chi connectivity index (χ3v) is 5.88. The van der Waals surface area contributed by atoms with E-state index in [0.29, 0.717) is 48.3 Å². The number of anilines is 2. The molecule has 31 heavy (non-hydrogen) atoms. The zero-order valence-electron chi connectivity index (χ0n) is 16.7. The lowest BCUT2D eigenvalue weighted by Gasteiger charge is -2.27. The third-order valence-electron chi connectivity index (χ3n) is 5.12. The minimum atomic E-state index is -0.644. The minimum Gasteiger partial charge on any atom is -0.378 e. The van der Waals surface area contributed by atoms with E-state index in [1.807, 2.05) is 6.92 Å². The van der Waals surface area contributed by atoms with Crippen LogP contribution >= 0.6 is 23.2 Å². The van der Waals surface area contributed by atoms with Crippen molar-refractivity contribution < 1.29 is 19.1 Å². The van der Waals surface area contributed by atoms with E-state index in [2.05, 4.69) is 5.32 Å². The lowest BCUT2D eigenvalue weighted by molar-refractivity contribution is -0.120. The van der Waals surface area contributed by atoms with Gasteiger partial charge in [-0.15, -0.1) is 0 Å². The lowest BCUT2D eigenvalue weighted by Crippen LogP contribution is -2.40. The van der Waals surface area contributed by atoms with Crippen molar-refractivity contribution in [2.75, 3.05) is 36.5 Å². The van der Waals surface area contributed by atoms with Gasteiger partial charge in [-0.3, -0.25) is 14.4 Å². The number of amides is 3. The molecular formula is C22H19Cl2N3O4. The maximum Gasteiger partial charge on any atom is 0.283 e. The van der Waals surface area contributed by atoms with Gasteiger partial charge in [-0.25, -0.2) is 4.90 Å². The summed E-state index contributed by atoms with van der Waals surface area (Å²) in [6.07, 6.45) is 0. The molecule has 9 heteroatoms. The van der Waals surface area contributed by atoms with Crippen molar-refractivity contribution in [2.45, 2.75) is 6.92 Å². The van der Waals surface area contributed by atoms with Crippen LogP contribution in [0, 0.1) is 6.92 Å². The van der Waals surface area contributed by atoms with Gasteiger partial charge >= 0.3 is 0 Å². The van der Waals surface area contributed by atoms with E-state index in [4.69, 9.17) is 27.9 Å². The summed E-state index contributed by atoms with van der Waals surface area (Å²) in [6, 6.07) is 11.6. The second-order valence-electron chi connectivity index (χ2n) is 7.18. The van der Waals surface area contributed by atoms with E-state index < -0.39 is 11.8 Å². The molecule has 0 saturated carbocycles. The topological polar surface area (TPSA) is 79.0 Å². The standard InChI is InChI=1S/C22H19Cl2N3O4/c1-13-5-6-16(12-17(13)23)27-21(29)18(24)19(22(27)30)25-15-4-2-3-14(11-15)20(28)26-7-9-31-10-8-26/h2-6,11-12,25H,7-10H2,1H3. The van der Waals surface area contributed by atoms with Crippen molar-refractivity contribution in [1.82, 2.24) is 4.90 Å². The third kappa shape index (κ3) is 4.17. The first-order valence-electron chi connectivity index (χ1n) is 9.65. The summed E-state index contributed by atoms with van der Waals surface area (Å²) in [4.78, 5) is 41.0. The fraction of sp³-hybridized carbons (Fsp3) is 0.227. The number of carbonyl (C=O) groups is 3. The number of aryl methyl sites for hydroxylation is 1. The van der Waals surface area contributed by atoms with Gasteiger partial charge in [0.05, 0.1) is 18.9 Å². The van der Waals surface area contributed by atoms with Crippen molar-refractivity contribution in [3.05, 3.63) is 69.3 Å². The normalized spacial score (nSPS) is 16.9. The van der Waals surface area contributed by atoms with Crippen LogP contribution in [-0.2, 0) is 14.3 Å². The van der Waals surface area contributed by atoms with Gasteiger partial charge in [-0.1, -0.05) is 35.3 Å². The van der Waals surface area contributed by atoms with Gasteiger partial charge in [-0.2, -0.15) is 0 Å². The first-order chi connectivity index (χ1) is 14.9. The number of hydrogen-bond donors (Lipinski definition) is 1. The second-order valence-corrected chi connectivity index (χ2v) is 7.96. The summed E-state index contributed by atoms with van der Waals surface area (Å²) in [5.41, 5.74) is 2.03. The molecule has 4 rings (SSSR count). The van der Waals surface area contributed by atoms with Crippen LogP contribution < -0.4 is 10.2 Å². The van der Waals surface area contributed by atoms with Crippen LogP contribution in [0.1, 0.15) is 15.9 Å². The summed E-state index contributed by atoms with van der Waals surface area (Å²) in [6.45, 7) is 3.87.